The summed E-state index contributed by atoms with van der Waals surface area (Å²) in [6, 6.07) is 7.60. The Morgan fingerprint density at radius 2 is 1.85 bits per heavy atom. The number of carboxylic acid groups (broad SMARTS) is 1. The van der Waals surface area contributed by atoms with Gasteiger partial charge in [-0.25, -0.2) is 9.78 Å². The second kappa shape index (κ2) is 10.3. The van der Waals surface area contributed by atoms with Gasteiger partial charge in [-0.05, 0) is 69.4 Å². The monoisotopic (exact) mass is 453 g/mol. The molecule has 33 heavy (non-hydrogen) atoms. The summed E-state index contributed by atoms with van der Waals surface area (Å²) in [7, 11) is 5.66. The van der Waals surface area contributed by atoms with E-state index < -0.39 is 6.09 Å². The molecule has 0 aliphatic heterocycles. The van der Waals surface area contributed by atoms with E-state index in [9.17, 15) is 9.90 Å². The number of aryl methyl sites for hydroxylation is 1. The van der Waals surface area contributed by atoms with Crippen LogP contribution in [0.3, 0.4) is 0 Å². The number of anilines is 3. The normalized spacial score (nSPS) is 20.0. The van der Waals surface area contributed by atoms with Gasteiger partial charge in [0.05, 0.1) is 18.5 Å². The first-order valence-corrected chi connectivity index (χ1v) is 11.9. The predicted molar refractivity (Wildman–Crippen MR) is 131 cm³/mol. The highest BCUT2D eigenvalue weighted by Crippen LogP contribution is 2.33. The fourth-order valence-corrected chi connectivity index (χ4v) is 5.07. The minimum atomic E-state index is -0.946. The van der Waals surface area contributed by atoms with E-state index in [0.717, 1.165) is 50.3 Å². The van der Waals surface area contributed by atoms with Crippen molar-refractivity contribution in [2.45, 2.75) is 57.4 Å². The second-order valence-electron chi connectivity index (χ2n) is 9.32. The first-order chi connectivity index (χ1) is 16.0. The number of fused-ring (bicyclic) bond motifs is 1. The fraction of sp³-hybridized carbons (Fsp3) is 0.560. The molecule has 178 valence electrons. The van der Waals surface area contributed by atoms with E-state index in [1.165, 1.54) is 29.0 Å². The molecule has 0 atom stereocenters. The lowest BCUT2D eigenvalue weighted by Gasteiger charge is -2.33. The summed E-state index contributed by atoms with van der Waals surface area (Å²) in [6.07, 6.45) is 7.39. The highest BCUT2D eigenvalue weighted by molar-refractivity contribution is 5.88. The number of carbonyl (C=O) groups is 1. The topological polar surface area (TPSA) is 90.8 Å². The Morgan fingerprint density at radius 1 is 1.12 bits per heavy atom. The standard InChI is InChI=1S/C25H35N5O3/c1-29(2)23-19-8-4-5-9-20(19)27-24(28-23)26-18-14-12-17(13-15-18)16-30(25(31)32)21-10-6-7-11-22(21)33-3/h6-7,10-11,17-18H,4-5,8-9,12-16H2,1-3H3,(H,31,32)(H,26,27,28). The van der Waals surface area contributed by atoms with Crippen LogP contribution in [-0.4, -0.2) is 55.0 Å². The lowest BCUT2D eigenvalue weighted by molar-refractivity contribution is 0.198. The minimum Gasteiger partial charge on any atom is -0.495 e. The summed E-state index contributed by atoms with van der Waals surface area (Å²) in [5.74, 6) is 2.65. The Balaban J connectivity index is 1.39. The summed E-state index contributed by atoms with van der Waals surface area (Å²) in [4.78, 5) is 25.2. The highest BCUT2D eigenvalue weighted by Gasteiger charge is 2.28. The summed E-state index contributed by atoms with van der Waals surface area (Å²) < 4.78 is 5.38. The van der Waals surface area contributed by atoms with Crippen LogP contribution in [0.2, 0.25) is 0 Å². The van der Waals surface area contributed by atoms with Crippen molar-refractivity contribution in [3.05, 3.63) is 35.5 Å². The molecule has 0 spiro atoms. The molecule has 1 fully saturated rings. The lowest BCUT2D eigenvalue weighted by Crippen LogP contribution is -2.37. The maximum atomic E-state index is 12.0. The molecule has 8 nitrogen and oxygen atoms in total. The molecular formula is C25H35N5O3. The summed E-state index contributed by atoms with van der Waals surface area (Å²) in [5, 5.41) is 13.4. The quantitative estimate of drug-likeness (QED) is 0.634. The van der Waals surface area contributed by atoms with Gasteiger partial charge in [0.2, 0.25) is 5.95 Å². The number of nitrogens with zero attached hydrogens (tertiary/aromatic N) is 4. The zero-order chi connectivity index (χ0) is 23.4. The fourth-order valence-electron chi connectivity index (χ4n) is 5.07. The molecule has 0 radical (unpaired) electrons. The van der Waals surface area contributed by atoms with E-state index in [-0.39, 0.29) is 0 Å². The Morgan fingerprint density at radius 3 is 2.55 bits per heavy atom. The number of methoxy groups -OCH3 is 1. The third-order valence-electron chi connectivity index (χ3n) is 6.81. The molecule has 1 aromatic heterocycles. The number of hydrogen-bond acceptors (Lipinski definition) is 6. The molecule has 1 heterocycles. The molecule has 2 aliphatic rings. The third-order valence-corrected chi connectivity index (χ3v) is 6.81. The van der Waals surface area contributed by atoms with Gasteiger partial charge in [0, 0.05) is 32.2 Å². The molecule has 8 heteroatoms. The minimum absolute atomic E-state index is 0.308. The van der Waals surface area contributed by atoms with E-state index in [4.69, 9.17) is 14.7 Å². The number of rotatable bonds is 7. The number of amides is 1. The predicted octanol–water partition coefficient (Wildman–Crippen LogP) is 4.59. The molecule has 1 amide bonds. The SMILES string of the molecule is COc1ccccc1N(CC1CCC(Nc2nc3c(c(N(C)C)n2)CCCC3)CC1)C(=O)O. The average molecular weight is 454 g/mol. The van der Waals surface area contributed by atoms with Crippen LogP contribution >= 0.6 is 0 Å². The van der Waals surface area contributed by atoms with Crippen molar-refractivity contribution >= 4 is 23.5 Å². The number of hydrogen-bond donors (Lipinski definition) is 2. The van der Waals surface area contributed by atoms with Crippen molar-refractivity contribution in [3.63, 3.8) is 0 Å². The van der Waals surface area contributed by atoms with E-state index in [2.05, 4.69) is 10.2 Å². The van der Waals surface area contributed by atoms with Gasteiger partial charge in [0.1, 0.15) is 11.6 Å². The van der Waals surface area contributed by atoms with Crippen molar-refractivity contribution in [3.8, 4) is 5.75 Å². The largest absolute Gasteiger partial charge is 0.495 e. The Bertz CT molecular complexity index is 973. The summed E-state index contributed by atoms with van der Waals surface area (Å²) in [5.41, 5.74) is 3.09. The van der Waals surface area contributed by atoms with Gasteiger partial charge < -0.3 is 20.1 Å². The van der Waals surface area contributed by atoms with Crippen LogP contribution in [0.15, 0.2) is 24.3 Å². The van der Waals surface area contributed by atoms with Gasteiger partial charge in [-0.15, -0.1) is 0 Å². The van der Waals surface area contributed by atoms with Gasteiger partial charge in [0.25, 0.3) is 0 Å². The van der Waals surface area contributed by atoms with E-state index in [1.807, 2.05) is 26.2 Å². The van der Waals surface area contributed by atoms with Crippen LogP contribution in [0.1, 0.15) is 49.8 Å². The van der Waals surface area contributed by atoms with Crippen LogP contribution in [0.5, 0.6) is 5.75 Å². The van der Waals surface area contributed by atoms with Crippen LogP contribution in [0.4, 0.5) is 22.2 Å². The van der Waals surface area contributed by atoms with Crippen molar-refractivity contribution < 1.29 is 14.6 Å². The zero-order valence-electron chi connectivity index (χ0n) is 19.9. The van der Waals surface area contributed by atoms with Crippen LogP contribution in [0.25, 0.3) is 0 Å². The molecule has 2 aliphatic carbocycles. The molecule has 4 rings (SSSR count). The number of aromatic nitrogens is 2. The van der Waals surface area contributed by atoms with Gasteiger partial charge in [-0.1, -0.05) is 12.1 Å². The molecule has 2 N–H and O–H groups in total. The third kappa shape index (κ3) is 5.31. The second-order valence-corrected chi connectivity index (χ2v) is 9.32. The molecule has 0 bridgehead atoms. The maximum Gasteiger partial charge on any atom is 0.411 e. The Kier molecular flexibility index (Phi) is 7.20. The molecule has 1 saturated carbocycles. The smallest absolute Gasteiger partial charge is 0.411 e. The van der Waals surface area contributed by atoms with Gasteiger partial charge >= 0.3 is 6.09 Å². The maximum absolute atomic E-state index is 12.0. The van der Waals surface area contributed by atoms with Gasteiger partial charge in [-0.2, -0.15) is 4.98 Å². The lowest BCUT2D eigenvalue weighted by atomic mass is 9.85. The molecule has 2 aromatic rings. The van der Waals surface area contributed by atoms with Crippen LogP contribution < -0.4 is 19.9 Å². The van der Waals surface area contributed by atoms with Crippen molar-refractivity contribution in [2.75, 3.05) is 42.9 Å². The Labute approximate surface area is 196 Å². The van der Waals surface area contributed by atoms with E-state index in [0.29, 0.717) is 29.9 Å². The highest BCUT2D eigenvalue weighted by atomic mass is 16.5. The summed E-state index contributed by atoms with van der Waals surface area (Å²) in [6.45, 7) is 0.475. The van der Waals surface area contributed by atoms with Crippen LogP contribution in [0, 0.1) is 5.92 Å². The van der Waals surface area contributed by atoms with E-state index in [1.54, 1.807) is 19.2 Å². The Hall–Kier alpha value is -3.03. The summed E-state index contributed by atoms with van der Waals surface area (Å²) >= 11 is 0. The first-order valence-electron chi connectivity index (χ1n) is 11.9. The first kappa shape index (κ1) is 23.1. The van der Waals surface area contributed by atoms with Crippen molar-refractivity contribution in [2.24, 2.45) is 5.92 Å². The molecule has 0 unspecified atom stereocenters. The zero-order valence-corrected chi connectivity index (χ0v) is 19.9. The molecule has 1 aromatic carbocycles. The van der Waals surface area contributed by atoms with Gasteiger partial charge in [-0.3, -0.25) is 4.90 Å². The number of para-hydroxylation sites is 2. The van der Waals surface area contributed by atoms with Crippen molar-refractivity contribution in [1.82, 2.24) is 9.97 Å². The average Bonchev–Trinajstić information content (AvgIpc) is 2.82. The number of nitrogens with one attached hydrogen (secondary N) is 1. The van der Waals surface area contributed by atoms with Gasteiger partial charge in [0.15, 0.2) is 0 Å². The number of ether oxygens (including phenoxy) is 1. The molecular weight excluding hydrogens is 418 g/mol. The molecule has 0 saturated heterocycles. The van der Waals surface area contributed by atoms with Crippen LogP contribution in [-0.2, 0) is 12.8 Å². The number of benzene rings is 1. The van der Waals surface area contributed by atoms with E-state index >= 15 is 0 Å². The van der Waals surface area contributed by atoms with Crippen molar-refractivity contribution in [1.29, 1.82) is 0 Å².